The van der Waals surface area contributed by atoms with Gasteiger partial charge in [0.15, 0.2) is 17.2 Å². The van der Waals surface area contributed by atoms with Crippen molar-refractivity contribution >= 4 is 22.2 Å². The van der Waals surface area contributed by atoms with Crippen molar-refractivity contribution in [3.8, 4) is 16.9 Å². The van der Waals surface area contributed by atoms with E-state index in [1.807, 2.05) is 18.5 Å². The SMILES string of the molecule is COc1cc2c(-c3cnn4cc(N5CCNCC5)cnc34)ccnc2cc1F. The summed E-state index contributed by atoms with van der Waals surface area (Å²) in [5, 5.41) is 8.65. The molecule has 1 aromatic carbocycles. The molecule has 1 aliphatic rings. The Morgan fingerprint density at radius 1 is 1.11 bits per heavy atom. The third kappa shape index (κ3) is 2.73. The summed E-state index contributed by atoms with van der Waals surface area (Å²) in [5.74, 6) is -0.245. The first-order chi connectivity index (χ1) is 13.7. The van der Waals surface area contributed by atoms with Gasteiger partial charge in [-0.1, -0.05) is 0 Å². The maximum absolute atomic E-state index is 14.1. The average molecular weight is 378 g/mol. The number of nitrogens with one attached hydrogen (secondary N) is 1. The lowest BCUT2D eigenvalue weighted by Crippen LogP contribution is -2.43. The second-order valence-electron chi connectivity index (χ2n) is 6.74. The van der Waals surface area contributed by atoms with E-state index in [9.17, 15) is 4.39 Å². The molecule has 0 amide bonds. The van der Waals surface area contributed by atoms with Crippen molar-refractivity contribution in [3.05, 3.63) is 48.8 Å². The summed E-state index contributed by atoms with van der Waals surface area (Å²) in [6.45, 7) is 3.82. The molecule has 1 saturated heterocycles. The van der Waals surface area contributed by atoms with Gasteiger partial charge in [0.25, 0.3) is 0 Å². The molecule has 0 spiro atoms. The van der Waals surface area contributed by atoms with Crippen molar-refractivity contribution in [2.45, 2.75) is 0 Å². The van der Waals surface area contributed by atoms with E-state index in [0.29, 0.717) is 5.52 Å². The number of benzene rings is 1. The number of hydrogen-bond acceptors (Lipinski definition) is 6. The fourth-order valence-corrected chi connectivity index (χ4v) is 3.68. The first-order valence-electron chi connectivity index (χ1n) is 9.16. The second-order valence-corrected chi connectivity index (χ2v) is 6.74. The molecular formula is C20H19FN6O. The predicted molar refractivity (Wildman–Crippen MR) is 105 cm³/mol. The molecule has 28 heavy (non-hydrogen) atoms. The quantitative estimate of drug-likeness (QED) is 0.591. The number of hydrogen-bond donors (Lipinski definition) is 1. The summed E-state index contributed by atoms with van der Waals surface area (Å²) in [6, 6.07) is 4.95. The van der Waals surface area contributed by atoms with Crippen LogP contribution < -0.4 is 15.0 Å². The second kappa shape index (κ2) is 6.72. The zero-order valence-electron chi connectivity index (χ0n) is 15.4. The van der Waals surface area contributed by atoms with Gasteiger partial charge in [-0.3, -0.25) is 4.98 Å². The Bertz CT molecular complexity index is 1170. The summed E-state index contributed by atoms with van der Waals surface area (Å²) in [7, 11) is 1.45. The van der Waals surface area contributed by atoms with Gasteiger partial charge in [-0.15, -0.1) is 0 Å². The third-order valence-corrected chi connectivity index (χ3v) is 5.13. The van der Waals surface area contributed by atoms with Crippen LogP contribution in [0.25, 0.3) is 27.7 Å². The Morgan fingerprint density at radius 3 is 2.79 bits per heavy atom. The number of rotatable bonds is 3. The molecule has 5 rings (SSSR count). The minimum atomic E-state index is -0.432. The fourth-order valence-electron chi connectivity index (χ4n) is 3.68. The van der Waals surface area contributed by atoms with Crippen molar-refractivity contribution in [2.75, 3.05) is 38.2 Å². The molecule has 8 heteroatoms. The van der Waals surface area contributed by atoms with Crippen LogP contribution >= 0.6 is 0 Å². The first kappa shape index (κ1) is 16.9. The van der Waals surface area contributed by atoms with Crippen LogP contribution in [0.3, 0.4) is 0 Å². The maximum Gasteiger partial charge on any atom is 0.167 e. The molecule has 1 aliphatic heterocycles. The van der Waals surface area contributed by atoms with Crippen molar-refractivity contribution in [1.82, 2.24) is 24.9 Å². The summed E-state index contributed by atoms with van der Waals surface area (Å²) >= 11 is 0. The topological polar surface area (TPSA) is 67.6 Å². The Labute approximate surface area is 160 Å². The van der Waals surface area contributed by atoms with Gasteiger partial charge in [-0.25, -0.2) is 13.9 Å². The minimum Gasteiger partial charge on any atom is -0.494 e. The van der Waals surface area contributed by atoms with E-state index in [1.165, 1.54) is 13.2 Å². The monoisotopic (exact) mass is 378 g/mol. The van der Waals surface area contributed by atoms with Crippen LogP contribution in [-0.2, 0) is 0 Å². The summed E-state index contributed by atoms with van der Waals surface area (Å²) < 4.78 is 21.0. The predicted octanol–water partition coefficient (Wildman–Crippen LogP) is 2.50. The largest absolute Gasteiger partial charge is 0.494 e. The van der Waals surface area contributed by atoms with Crippen molar-refractivity contribution < 1.29 is 9.13 Å². The molecule has 3 aromatic heterocycles. The van der Waals surface area contributed by atoms with E-state index in [1.54, 1.807) is 23.0 Å². The molecule has 0 unspecified atom stereocenters. The summed E-state index contributed by atoms with van der Waals surface area (Å²) in [4.78, 5) is 11.3. The van der Waals surface area contributed by atoms with Gasteiger partial charge in [-0.2, -0.15) is 5.10 Å². The third-order valence-electron chi connectivity index (χ3n) is 5.13. The van der Waals surface area contributed by atoms with Gasteiger partial charge in [0, 0.05) is 49.4 Å². The molecular weight excluding hydrogens is 359 g/mol. The standard InChI is InChI=1S/C20H19FN6O/c1-28-19-8-15-14(2-3-23-18(15)9-17(19)21)16-11-25-27-12-13(10-24-20(16)27)26-6-4-22-5-7-26/h2-3,8-12,22H,4-7H2,1H3. The lowest BCUT2D eigenvalue weighted by atomic mass is 10.0. The lowest BCUT2D eigenvalue weighted by molar-refractivity contribution is 0.387. The van der Waals surface area contributed by atoms with Gasteiger partial charge >= 0.3 is 0 Å². The van der Waals surface area contributed by atoms with E-state index in [2.05, 4.69) is 25.3 Å². The molecule has 1 N–H and O–H groups in total. The van der Waals surface area contributed by atoms with Gasteiger partial charge in [0.1, 0.15) is 0 Å². The van der Waals surface area contributed by atoms with Crippen LogP contribution in [0.5, 0.6) is 5.75 Å². The molecule has 0 radical (unpaired) electrons. The van der Waals surface area contributed by atoms with Crippen LogP contribution in [0.15, 0.2) is 43.0 Å². The first-order valence-corrected chi connectivity index (χ1v) is 9.16. The van der Waals surface area contributed by atoms with Crippen LogP contribution in [-0.4, -0.2) is 52.9 Å². The Balaban J connectivity index is 1.63. The van der Waals surface area contributed by atoms with Gasteiger partial charge in [0.2, 0.25) is 0 Å². The summed E-state index contributed by atoms with van der Waals surface area (Å²) in [5.41, 5.74) is 4.11. The van der Waals surface area contributed by atoms with Crippen LogP contribution in [0, 0.1) is 5.82 Å². The van der Waals surface area contributed by atoms with Gasteiger partial charge < -0.3 is 15.0 Å². The highest BCUT2D eigenvalue weighted by atomic mass is 19.1. The normalized spacial score (nSPS) is 14.7. The van der Waals surface area contributed by atoms with Crippen LogP contribution in [0.4, 0.5) is 10.1 Å². The molecule has 0 aliphatic carbocycles. The zero-order valence-corrected chi connectivity index (χ0v) is 15.4. The number of anilines is 1. The molecule has 4 aromatic rings. The van der Waals surface area contributed by atoms with E-state index in [-0.39, 0.29) is 5.75 Å². The number of pyridine rings is 1. The lowest BCUT2D eigenvalue weighted by Gasteiger charge is -2.28. The van der Waals surface area contributed by atoms with Crippen molar-refractivity contribution in [3.63, 3.8) is 0 Å². The molecule has 4 heterocycles. The molecule has 142 valence electrons. The Kier molecular flexibility index (Phi) is 4.05. The van der Waals surface area contributed by atoms with Gasteiger partial charge in [-0.05, 0) is 17.7 Å². The Morgan fingerprint density at radius 2 is 1.96 bits per heavy atom. The zero-order chi connectivity index (χ0) is 19.1. The minimum absolute atomic E-state index is 0.187. The van der Waals surface area contributed by atoms with Crippen molar-refractivity contribution in [2.24, 2.45) is 0 Å². The van der Waals surface area contributed by atoms with E-state index >= 15 is 0 Å². The van der Waals surface area contributed by atoms with E-state index in [0.717, 1.165) is 54.0 Å². The summed E-state index contributed by atoms with van der Waals surface area (Å²) in [6.07, 6.45) is 7.34. The van der Waals surface area contributed by atoms with Crippen LogP contribution in [0.1, 0.15) is 0 Å². The Hall–Kier alpha value is -3.26. The molecule has 0 bridgehead atoms. The highest BCUT2D eigenvalue weighted by Crippen LogP contribution is 2.33. The van der Waals surface area contributed by atoms with E-state index in [4.69, 9.17) is 4.74 Å². The average Bonchev–Trinajstić information content (AvgIpc) is 3.16. The number of halogens is 1. The number of aromatic nitrogens is 4. The number of piperazine rings is 1. The van der Waals surface area contributed by atoms with Crippen LogP contribution in [0.2, 0.25) is 0 Å². The number of ether oxygens (including phenoxy) is 1. The smallest absolute Gasteiger partial charge is 0.167 e. The maximum atomic E-state index is 14.1. The van der Waals surface area contributed by atoms with E-state index < -0.39 is 5.82 Å². The van der Waals surface area contributed by atoms with Crippen molar-refractivity contribution in [1.29, 1.82) is 0 Å². The molecule has 0 saturated carbocycles. The molecule has 0 atom stereocenters. The molecule has 1 fully saturated rings. The number of methoxy groups -OCH3 is 1. The number of nitrogens with zero attached hydrogens (tertiary/aromatic N) is 5. The fraction of sp³-hybridized carbons (Fsp3) is 0.250. The highest BCUT2D eigenvalue weighted by Gasteiger charge is 2.16. The van der Waals surface area contributed by atoms with Gasteiger partial charge in [0.05, 0.1) is 36.9 Å². The number of fused-ring (bicyclic) bond motifs is 2. The highest BCUT2D eigenvalue weighted by molar-refractivity contribution is 5.98. The molecule has 7 nitrogen and oxygen atoms in total.